The molecule has 2 aliphatic carbocycles. The summed E-state index contributed by atoms with van der Waals surface area (Å²) < 4.78 is 46.3. The summed E-state index contributed by atoms with van der Waals surface area (Å²) in [6, 6.07) is -5.04. The van der Waals surface area contributed by atoms with Crippen molar-refractivity contribution in [2.75, 3.05) is 33.3 Å². The Bertz CT molecular complexity index is 2070. The van der Waals surface area contributed by atoms with Gasteiger partial charge in [-0.3, -0.25) is 4.79 Å². The molecule has 2 aliphatic heterocycles. The second-order valence-corrected chi connectivity index (χ2v) is 24.1. The van der Waals surface area contributed by atoms with Crippen LogP contribution in [-0.4, -0.2) is 190 Å². The van der Waals surface area contributed by atoms with Crippen LogP contribution in [-0.2, 0) is 42.7 Å². The maximum Gasteiger partial charge on any atom is 0.412 e. The topological polar surface area (TPSA) is 333 Å². The van der Waals surface area contributed by atoms with Crippen LogP contribution in [0.15, 0.2) is 24.2 Å². The van der Waals surface area contributed by atoms with Gasteiger partial charge in [-0.2, -0.15) is 0 Å². The van der Waals surface area contributed by atoms with Crippen molar-refractivity contribution in [3.8, 4) is 0 Å². The zero-order valence-electron chi connectivity index (χ0n) is 46.2. The Morgan fingerprint density at radius 2 is 1.36 bits per heavy atom. The van der Waals surface area contributed by atoms with Crippen LogP contribution in [0.25, 0.3) is 0 Å². The summed E-state index contributed by atoms with van der Waals surface area (Å²) in [6.07, 6.45) is -11.7. The van der Waals surface area contributed by atoms with Crippen molar-refractivity contribution in [2.45, 2.75) is 217 Å². The molecular weight excluding hydrogens is 987 g/mol. The van der Waals surface area contributed by atoms with E-state index in [0.717, 1.165) is 4.90 Å². The molecule has 4 rings (SSSR count). The number of hydrogen-bond donors (Lipinski definition) is 10. The van der Waals surface area contributed by atoms with Crippen molar-refractivity contribution >= 4 is 36.4 Å². The van der Waals surface area contributed by atoms with E-state index in [2.05, 4.69) is 38.5 Å². The number of aliphatic hydroxyl groups excluding tert-OH is 3. The van der Waals surface area contributed by atoms with Crippen LogP contribution >= 0.6 is 0 Å². The van der Waals surface area contributed by atoms with Crippen LogP contribution in [0.5, 0.6) is 0 Å². The number of aliphatic hydroxyl groups is 4. The molecule has 1 unspecified atom stereocenters. The second-order valence-electron chi connectivity index (χ2n) is 24.1. The zero-order valence-corrected chi connectivity index (χ0v) is 46.2. The fourth-order valence-corrected chi connectivity index (χ4v) is 8.88. The van der Waals surface area contributed by atoms with E-state index in [1.165, 1.54) is 20.9 Å². The third kappa shape index (κ3) is 19.4. The Morgan fingerprint density at radius 1 is 0.800 bits per heavy atom. The molecule has 0 spiro atoms. The molecule has 1 saturated heterocycles. The summed E-state index contributed by atoms with van der Waals surface area (Å²) in [6.45, 7) is 25.7. The lowest BCUT2D eigenvalue weighted by atomic mass is 9.72. The molecule has 10 N–H and O–H groups in total. The summed E-state index contributed by atoms with van der Waals surface area (Å²) in [5.41, 5.74) is -6.08. The predicted octanol–water partition coefficient (Wildman–Crippen LogP) is 2.67. The lowest BCUT2D eigenvalue weighted by molar-refractivity contribution is -0.305. The van der Waals surface area contributed by atoms with Crippen LogP contribution in [0.2, 0.25) is 0 Å². The fourth-order valence-electron chi connectivity index (χ4n) is 8.88. The number of alkyl carbamates (subject to hydrolysis) is 4. The average Bonchev–Trinajstić information content (AvgIpc) is 3.98. The first-order valence-corrected chi connectivity index (χ1v) is 25.3. The Balaban J connectivity index is 1.78. The van der Waals surface area contributed by atoms with E-state index in [-0.39, 0.29) is 25.1 Å². The zero-order chi connectivity index (χ0) is 56.8. The number of nitrogens with zero attached hydrogens (tertiary/aromatic N) is 1. The van der Waals surface area contributed by atoms with Crippen LogP contribution < -0.4 is 31.9 Å². The number of hydrogen-bond acceptors (Lipinski definition) is 19. The van der Waals surface area contributed by atoms with Gasteiger partial charge in [0.2, 0.25) is 0 Å². The lowest BCUT2D eigenvalue weighted by Crippen LogP contribution is -2.71. The maximum absolute atomic E-state index is 13.9. The minimum atomic E-state index is -1.91. The standard InChI is InChI=1S/C50H85N7O18/c1-26(2)69-41(63)54-28-18-17-27(22-51-24-50(19-20-50)56-43(65)74-47(9,10)11)70-35(28)32-29(55-42(64)73-46(6,7)8)21-30(53-38(61)31(58)23-52-40(62)72-45(3,4)5)36(33(32)59)71-39-34(60)37(49(15,67)25-68-39)57(16)44(66)75-48(12,13)14/h17,28-37,39,51,58-60,67H,1,18-25H2,2-16H3,(H,52,62)(H,53,61)(H,54,63)(H,55,64)(H,56,65)/t28-,29+,30-,31+,32-,33+,34-,35?,36+,37-,39-,49+/m1/s1. The van der Waals surface area contributed by atoms with Crippen molar-refractivity contribution in [3.05, 3.63) is 24.2 Å². The number of ether oxygens (including phenoxy) is 8. The van der Waals surface area contributed by atoms with Crippen molar-refractivity contribution in [1.29, 1.82) is 0 Å². The molecule has 12 atom stereocenters. The molecule has 0 radical (unpaired) electrons. The van der Waals surface area contributed by atoms with Crippen molar-refractivity contribution in [1.82, 2.24) is 36.8 Å². The van der Waals surface area contributed by atoms with Gasteiger partial charge in [0.1, 0.15) is 58.2 Å². The monoisotopic (exact) mass is 1070 g/mol. The van der Waals surface area contributed by atoms with Gasteiger partial charge in [0, 0.05) is 25.6 Å². The van der Waals surface area contributed by atoms with Crippen LogP contribution in [0.1, 0.15) is 123 Å². The van der Waals surface area contributed by atoms with Gasteiger partial charge < -0.3 is 95.1 Å². The molecule has 0 aromatic rings. The number of nitrogens with one attached hydrogen (secondary N) is 6. The van der Waals surface area contributed by atoms with Crippen molar-refractivity contribution in [2.24, 2.45) is 5.92 Å². The quantitative estimate of drug-likeness (QED) is 0.0785. The van der Waals surface area contributed by atoms with E-state index in [4.69, 9.17) is 37.9 Å². The molecular formula is C50H85N7O18. The summed E-state index contributed by atoms with van der Waals surface area (Å²) >= 11 is 0. The molecule has 2 saturated carbocycles. The summed E-state index contributed by atoms with van der Waals surface area (Å²) in [7, 11) is 1.31. The summed E-state index contributed by atoms with van der Waals surface area (Å²) in [5, 5.41) is 64.4. The Hall–Kier alpha value is -5.18. The van der Waals surface area contributed by atoms with Gasteiger partial charge in [0.25, 0.3) is 5.91 Å². The molecule has 3 fully saturated rings. The molecule has 25 heteroatoms. The number of carbonyl (C=O) groups is 6. The highest BCUT2D eigenvalue weighted by molar-refractivity contribution is 5.82. The number of likely N-dealkylation sites (N-methyl/N-ethyl adjacent to an activating group) is 1. The first-order valence-electron chi connectivity index (χ1n) is 25.3. The molecule has 75 heavy (non-hydrogen) atoms. The molecule has 25 nitrogen and oxygen atoms in total. The SMILES string of the molecule is C=C(C)OC(=O)N[C@@H]1CC=C(CNCC2(NC(=O)OC(C)(C)C)CC2)OC1[C@H]1[C@H](O)[C@@H](O[C@H]2OC[C@](C)(O)[C@H](N(C)C(=O)OC(C)(C)C)[C@H]2O)[C@H](NC(=O)[C@@H](O)CNC(=O)OC(C)(C)C)C[C@@H]1NC(=O)OC(C)(C)C. The predicted molar refractivity (Wildman–Crippen MR) is 268 cm³/mol. The number of carbonyl (C=O) groups excluding carboxylic acids is 6. The second kappa shape index (κ2) is 24.4. The fraction of sp³-hybridized carbons (Fsp3) is 0.800. The number of amides is 6. The molecule has 4 aliphatic rings. The van der Waals surface area contributed by atoms with Gasteiger partial charge in [-0.15, -0.1) is 0 Å². The highest BCUT2D eigenvalue weighted by Crippen LogP contribution is 2.40. The third-order valence-corrected chi connectivity index (χ3v) is 12.1. The molecule has 0 aromatic carbocycles. The number of allylic oxidation sites excluding steroid dienone is 1. The van der Waals surface area contributed by atoms with Gasteiger partial charge in [-0.1, -0.05) is 6.58 Å². The first-order chi connectivity index (χ1) is 34.3. The molecule has 2 heterocycles. The smallest absolute Gasteiger partial charge is 0.412 e. The van der Waals surface area contributed by atoms with E-state index in [9.17, 15) is 49.2 Å². The van der Waals surface area contributed by atoms with Gasteiger partial charge in [0.05, 0.1) is 55.2 Å². The van der Waals surface area contributed by atoms with Crippen LogP contribution in [0.3, 0.4) is 0 Å². The Morgan fingerprint density at radius 3 is 1.92 bits per heavy atom. The van der Waals surface area contributed by atoms with E-state index >= 15 is 0 Å². The van der Waals surface area contributed by atoms with Crippen LogP contribution in [0.4, 0.5) is 24.0 Å². The third-order valence-electron chi connectivity index (χ3n) is 12.1. The van der Waals surface area contributed by atoms with E-state index in [1.807, 2.05) is 0 Å². The normalized spacial score (nSPS) is 29.1. The Labute approximate surface area is 439 Å². The first kappa shape index (κ1) is 62.4. The van der Waals surface area contributed by atoms with Crippen molar-refractivity contribution < 1.29 is 87.1 Å². The van der Waals surface area contributed by atoms with Gasteiger partial charge in [0.15, 0.2) is 6.29 Å². The minimum absolute atomic E-state index is 0.0635. The maximum atomic E-state index is 13.9. The average molecular weight is 1070 g/mol. The van der Waals surface area contributed by atoms with Gasteiger partial charge >= 0.3 is 30.5 Å². The minimum Gasteiger partial charge on any atom is -0.491 e. The van der Waals surface area contributed by atoms with E-state index < -0.39 is 150 Å². The molecule has 0 bridgehead atoms. The molecule has 0 aromatic heterocycles. The van der Waals surface area contributed by atoms with E-state index in [1.54, 1.807) is 89.2 Å². The van der Waals surface area contributed by atoms with Crippen molar-refractivity contribution in [3.63, 3.8) is 0 Å². The van der Waals surface area contributed by atoms with Gasteiger partial charge in [-0.05, 0) is 129 Å². The lowest BCUT2D eigenvalue weighted by Gasteiger charge is -2.52. The Kier molecular flexibility index (Phi) is 20.3. The molecule has 6 amide bonds. The summed E-state index contributed by atoms with van der Waals surface area (Å²) in [5.74, 6) is -1.96. The highest BCUT2D eigenvalue weighted by Gasteiger charge is 2.57. The summed E-state index contributed by atoms with van der Waals surface area (Å²) in [4.78, 5) is 80.6. The van der Waals surface area contributed by atoms with Gasteiger partial charge in [-0.25, -0.2) is 24.0 Å². The van der Waals surface area contributed by atoms with Crippen LogP contribution in [0, 0.1) is 5.92 Å². The largest absolute Gasteiger partial charge is 0.491 e. The highest BCUT2D eigenvalue weighted by atomic mass is 16.7. The molecule has 428 valence electrons. The number of rotatable bonds is 16. The van der Waals surface area contributed by atoms with E-state index in [0.29, 0.717) is 25.1 Å².